The second kappa shape index (κ2) is 2.85. The first kappa shape index (κ1) is 9.75. The van der Waals surface area contributed by atoms with Crippen molar-refractivity contribution in [3.05, 3.63) is 17.7 Å². The molecule has 1 aliphatic heterocycles. The molecule has 6 nitrogen and oxygen atoms in total. The van der Waals surface area contributed by atoms with Crippen molar-refractivity contribution in [3.63, 3.8) is 0 Å². The largest absolute Gasteiger partial charge is 0.459 e. The van der Waals surface area contributed by atoms with Crippen LogP contribution in [0.1, 0.15) is 16.8 Å². The number of ketones is 1. The molecule has 8 N–H and O–H groups in total. The third kappa shape index (κ3) is 1.49. The maximum atomic E-state index is 11.7. The van der Waals surface area contributed by atoms with Gasteiger partial charge in [0.15, 0.2) is 5.78 Å². The minimum Gasteiger partial charge on any atom is -0.459 e. The minimum atomic E-state index is -1.47. The van der Waals surface area contributed by atoms with Gasteiger partial charge in [-0.2, -0.15) is 0 Å². The van der Waals surface area contributed by atoms with E-state index in [0.717, 1.165) is 0 Å². The molecule has 2 rings (SSSR count). The second-order valence-corrected chi connectivity index (χ2v) is 3.60. The summed E-state index contributed by atoms with van der Waals surface area (Å²) in [6, 6.07) is 3.08. The number of carbonyl (C=O) groups is 1. The van der Waals surface area contributed by atoms with Crippen LogP contribution in [0, 0.1) is 0 Å². The number of hydrogen-bond donors (Lipinski definition) is 4. The van der Waals surface area contributed by atoms with E-state index in [1.807, 2.05) is 0 Å². The highest BCUT2D eigenvalue weighted by Crippen LogP contribution is 2.35. The fourth-order valence-electron chi connectivity index (χ4n) is 1.57. The Morgan fingerprint density at radius 2 is 1.93 bits per heavy atom. The smallest absolute Gasteiger partial charge is 0.220 e. The number of ether oxygens (including phenoxy) is 1. The van der Waals surface area contributed by atoms with Crippen LogP contribution in [0.2, 0.25) is 0 Å². The molecule has 6 heteroatoms. The van der Waals surface area contributed by atoms with E-state index in [1.54, 1.807) is 6.07 Å². The maximum absolute atomic E-state index is 11.7. The average molecular weight is 208 g/mol. The molecule has 0 atom stereocenters. The fourth-order valence-corrected chi connectivity index (χ4v) is 1.57. The Morgan fingerprint density at radius 3 is 2.60 bits per heavy atom. The van der Waals surface area contributed by atoms with Gasteiger partial charge in [-0.3, -0.25) is 16.3 Å². The number of nitrogens with two attached hydrogens (primary N) is 4. The van der Waals surface area contributed by atoms with Crippen LogP contribution < -0.4 is 27.7 Å². The third-order valence-corrected chi connectivity index (χ3v) is 2.26. The number of rotatable bonds is 0. The Balaban J connectivity index is 2.60. The Morgan fingerprint density at radius 1 is 1.27 bits per heavy atom. The SMILES string of the molecule is Nc1ccc2c(c1N)C(=O)CC(N)(N)O2. The highest BCUT2D eigenvalue weighted by molar-refractivity contribution is 6.06. The number of carbonyl (C=O) groups excluding carboxylic acids is 1. The van der Waals surface area contributed by atoms with Gasteiger partial charge < -0.3 is 16.2 Å². The molecule has 15 heavy (non-hydrogen) atoms. The third-order valence-electron chi connectivity index (χ3n) is 2.26. The summed E-state index contributed by atoms with van der Waals surface area (Å²) in [5.74, 6) is -1.44. The zero-order chi connectivity index (χ0) is 11.2. The highest BCUT2D eigenvalue weighted by atomic mass is 16.5. The van der Waals surface area contributed by atoms with Crippen molar-refractivity contribution in [1.82, 2.24) is 0 Å². The molecular formula is C9H12N4O2. The normalized spacial score (nSPS) is 18.1. The Bertz CT molecular complexity index is 442. The lowest BCUT2D eigenvalue weighted by atomic mass is 9.99. The van der Waals surface area contributed by atoms with Crippen molar-refractivity contribution in [2.75, 3.05) is 11.5 Å². The monoisotopic (exact) mass is 208 g/mol. The molecule has 0 fully saturated rings. The van der Waals surface area contributed by atoms with Gasteiger partial charge in [-0.15, -0.1) is 0 Å². The molecule has 1 aromatic carbocycles. The number of hydrogen-bond acceptors (Lipinski definition) is 6. The summed E-state index contributed by atoms with van der Waals surface area (Å²) in [6.07, 6.45) is -0.117. The lowest BCUT2D eigenvalue weighted by molar-refractivity contribution is 0.0490. The van der Waals surface area contributed by atoms with E-state index >= 15 is 0 Å². The molecule has 0 saturated carbocycles. The lowest BCUT2D eigenvalue weighted by Gasteiger charge is -2.31. The van der Waals surface area contributed by atoms with Crippen molar-refractivity contribution >= 4 is 17.2 Å². The highest BCUT2D eigenvalue weighted by Gasteiger charge is 2.35. The molecule has 1 aliphatic rings. The van der Waals surface area contributed by atoms with Crippen LogP contribution in [0.5, 0.6) is 5.75 Å². The summed E-state index contributed by atoms with van der Waals surface area (Å²) in [5.41, 5.74) is 23.1. The van der Waals surface area contributed by atoms with Gasteiger partial charge in [-0.25, -0.2) is 0 Å². The summed E-state index contributed by atoms with van der Waals surface area (Å²) in [4.78, 5) is 11.7. The van der Waals surface area contributed by atoms with Gasteiger partial charge in [-0.05, 0) is 12.1 Å². The number of anilines is 2. The number of benzene rings is 1. The van der Waals surface area contributed by atoms with Gasteiger partial charge in [0.1, 0.15) is 5.75 Å². The minimum absolute atomic E-state index is 0.117. The van der Waals surface area contributed by atoms with Crippen molar-refractivity contribution in [2.24, 2.45) is 11.5 Å². The molecule has 0 aromatic heterocycles. The molecule has 0 radical (unpaired) electrons. The van der Waals surface area contributed by atoms with Crippen LogP contribution in [0.4, 0.5) is 11.4 Å². The lowest BCUT2D eigenvalue weighted by Crippen LogP contribution is -2.58. The first-order valence-electron chi connectivity index (χ1n) is 4.38. The maximum Gasteiger partial charge on any atom is 0.220 e. The Hall–Kier alpha value is -1.79. The fraction of sp³-hybridized carbons (Fsp3) is 0.222. The zero-order valence-electron chi connectivity index (χ0n) is 7.99. The quantitative estimate of drug-likeness (QED) is 0.332. The van der Waals surface area contributed by atoms with Crippen molar-refractivity contribution < 1.29 is 9.53 Å². The van der Waals surface area contributed by atoms with E-state index in [1.165, 1.54) is 6.07 Å². The molecule has 0 saturated heterocycles. The molecule has 0 aliphatic carbocycles. The van der Waals surface area contributed by atoms with Crippen molar-refractivity contribution in [2.45, 2.75) is 12.3 Å². The molecule has 0 spiro atoms. The summed E-state index contributed by atoms with van der Waals surface area (Å²) >= 11 is 0. The molecular weight excluding hydrogens is 196 g/mol. The first-order valence-corrected chi connectivity index (χ1v) is 4.38. The molecule has 1 aromatic rings. The first-order chi connectivity index (χ1) is 6.91. The topological polar surface area (TPSA) is 130 Å². The summed E-state index contributed by atoms with van der Waals surface area (Å²) in [7, 11) is 0. The Kier molecular flexibility index (Phi) is 1.85. The van der Waals surface area contributed by atoms with Crippen molar-refractivity contribution in [1.29, 1.82) is 0 Å². The Labute approximate surface area is 86.2 Å². The molecule has 0 unspecified atom stereocenters. The predicted molar refractivity (Wildman–Crippen MR) is 55.9 cm³/mol. The van der Waals surface area contributed by atoms with Gasteiger partial charge in [0, 0.05) is 0 Å². The summed E-state index contributed by atoms with van der Waals surface area (Å²) in [6.45, 7) is 0. The molecule has 80 valence electrons. The van der Waals surface area contributed by atoms with Gasteiger partial charge in [-0.1, -0.05) is 0 Å². The van der Waals surface area contributed by atoms with Crippen LogP contribution >= 0.6 is 0 Å². The van der Waals surface area contributed by atoms with Gasteiger partial charge in [0.25, 0.3) is 0 Å². The van der Waals surface area contributed by atoms with Crippen molar-refractivity contribution in [3.8, 4) is 5.75 Å². The zero-order valence-corrected chi connectivity index (χ0v) is 7.99. The average Bonchev–Trinajstić information content (AvgIpc) is 2.09. The van der Waals surface area contributed by atoms with E-state index < -0.39 is 5.85 Å². The summed E-state index contributed by atoms with van der Waals surface area (Å²) < 4.78 is 5.22. The van der Waals surface area contributed by atoms with Crippen LogP contribution in [-0.4, -0.2) is 11.6 Å². The van der Waals surface area contributed by atoms with E-state index in [2.05, 4.69) is 0 Å². The number of Topliss-reactive ketones (excluding diaryl/α,β-unsaturated/α-hetero) is 1. The van der Waals surface area contributed by atoms with Gasteiger partial charge in [0.05, 0.1) is 23.4 Å². The van der Waals surface area contributed by atoms with Crippen LogP contribution in [0.3, 0.4) is 0 Å². The second-order valence-electron chi connectivity index (χ2n) is 3.60. The number of fused-ring (bicyclic) bond motifs is 1. The van der Waals surface area contributed by atoms with E-state index in [9.17, 15) is 4.79 Å². The molecule has 1 heterocycles. The standard InChI is InChI=1S/C9H12N4O2/c10-4-1-2-6-7(8(4)11)5(14)3-9(12,13)15-6/h1-2H,3,10-13H2. The van der Waals surface area contributed by atoms with Gasteiger partial charge in [0.2, 0.25) is 5.85 Å². The summed E-state index contributed by atoms with van der Waals surface area (Å²) in [5, 5.41) is 0. The predicted octanol–water partition coefficient (Wildman–Crippen LogP) is -0.613. The number of nitrogen functional groups attached to an aromatic ring is 2. The van der Waals surface area contributed by atoms with E-state index in [-0.39, 0.29) is 29.2 Å². The molecule has 0 amide bonds. The van der Waals surface area contributed by atoms with E-state index in [4.69, 9.17) is 27.7 Å². The van der Waals surface area contributed by atoms with E-state index in [0.29, 0.717) is 5.69 Å². The molecule has 0 bridgehead atoms. The van der Waals surface area contributed by atoms with Crippen LogP contribution in [-0.2, 0) is 0 Å². The van der Waals surface area contributed by atoms with Crippen LogP contribution in [0.25, 0.3) is 0 Å². The van der Waals surface area contributed by atoms with Crippen LogP contribution in [0.15, 0.2) is 12.1 Å². The van der Waals surface area contributed by atoms with Gasteiger partial charge >= 0.3 is 0 Å².